The zero-order valence-corrected chi connectivity index (χ0v) is 13.9. The Morgan fingerprint density at radius 2 is 1.57 bits per heavy atom. The van der Waals surface area contributed by atoms with Crippen LogP contribution in [0.5, 0.6) is 0 Å². The van der Waals surface area contributed by atoms with Gasteiger partial charge in [0.15, 0.2) is 6.29 Å². The van der Waals surface area contributed by atoms with Gasteiger partial charge in [-0.3, -0.25) is 0 Å². The third kappa shape index (κ3) is 3.92. The second-order valence-electron chi connectivity index (χ2n) is 5.55. The highest BCUT2D eigenvalue weighted by molar-refractivity contribution is 7.78. The zero-order valence-electron chi connectivity index (χ0n) is 13.1. The molecule has 3 nitrogen and oxygen atoms in total. The maximum absolute atomic E-state index is 5.70. The summed E-state index contributed by atoms with van der Waals surface area (Å²) in [6.07, 6.45) is 0.729. The first-order valence-corrected chi connectivity index (χ1v) is 8.20. The van der Waals surface area contributed by atoms with Gasteiger partial charge in [-0.05, 0) is 35.3 Å². The number of thiocarbonyl (C=S) groups is 1. The number of ether oxygens (including phenoxy) is 2. The van der Waals surface area contributed by atoms with Gasteiger partial charge in [-0.25, -0.2) is 4.99 Å². The van der Waals surface area contributed by atoms with Crippen LogP contribution in [0.3, 0.4) is 0 Å². The lowest BCUT2D eigenvalue weighted by molar-refractivity contribution is -0.189. The first kappa shape index (κ1) is 16.0. The normalized spacial score (nSPS) is 20.7. The topological polar surface area (TPSA) is 30.8 Å². The molecule has 0 aromatic heterocycles. The number of aliphatic imine (C=N–C) groups is 1. The lowest BCUT2D eigenvalue weighted by Gasteiger charge is -2.27. The second kappa shape index (κ2) is 7.62. The third-order valence-corrected chi connectivity index (χ3v) is 4.10. The first-order valence-electron chi connectivity index (χ1n) is 7.79. The van der Waals surface area contributed by atoms with Gasteiger partial charge in [0.25, 0.3) is 0 Å². The molecule has 0 atom stereocenters. The monoisotopic (exact) mass is 325 g/mol. The van der Waals surface area contributed by atoms with E-state index < -0.39 is 0 Å². The molecule has 3 rings (SSSR count). The Kier molecular flexibility index (Phi) is 5.31. The minimum absolute atomic E-state index is 0.0416. The van der Waals surface area contributed by atoms with Crippen molar-refractivity contribution in [1.29, 1.82) is 0 Å². The van der Waals surface area contributed by atoms with Crippen molar-refractivity contribution in [2.45, 2.75) is 25.7 Å². The summed E-state index contributed by atoms with van der Waals surface area (Å²) in [5.41, 5.74) is 4.77. The van der Waals surface area contributed by atoms with Gasteiger partial charge in [-0.2, -0.15) is 0 Å². The summed E-state index contributed by atoms with van der Waals surface area (Å²) in [4.78, 5) is 3.99. The van der Waals surface area contributed by atoms with Crippen molar-refractivity contribution in [2.75, 3.05) is 13.2 Å². The Bertz CT molecular complexity index is 682. The van der Waals surface area contributed by atoms with E-state index in [0.29, 0.717) is 13.2 Å². The Morgan fingerprint density at radius 1 is 1.00 bits per heavy atom. The molecular formula is C19H19NO2S. The van der Waals surface area contributed by atoms with E-state index in [1.54, 1.807) is 0 Å². The number of benzene rings is 2. The van der Waals surface area contributed by atoms with Crippen LogP contribution in [0.1, 0.15) is 24.3 Å². The zero-order chi connectivity index (χ0) is 16.1. The number of aryl methyl sites for hydroxylation is 1. The maximum Gasteiger partial charge on any atom is 0.184 e. The molecule has 0 bridgehead atoms. The summed E-state index contributed by atoms with van der Waals surface area (Å²) in [6.45, 7) is 3.18. The van der Waals surface area contributed by atoms with Crippen LogP contribution in [0.15, 0.2) is 53.5 Å². The van der Waals surface area contributed by atoms with Crippen LogP contribution >= 0.6 is 12.2 Å². The van der Waals surface area contributed by atoms with Gasteiger partial charge >= 0.3 is 0 Å². The van der Waals surface area contributed by atoms with Crippen molar-refractivity contribution in [3.63, 3.8) is 0 Å². The van der Waals surface area contributed by atoms with Gasteiger partial charge in [0.2, 0.25) is 0 Å². The largest absolute Gasteiger partial charge is 0.346 e. The Balaban J connectivity index is 1.68. The van der Waals surface area contributed by atoms with Gasteiger partial charge in [0.05, 0.1) is 18.4 Å². The second-order valence-corrected chi connectivity index (χ2v) is 5.73. The van der Waals surface area contributed by atoms with Crippen molar-refractivity contribution in [3.8, 4) is 11.1 Å². The van der Waals surface area contributed by atoms with Gasteiger partial charge in [0.1, 0.15) is 6.04 Å². The van der Waals surface area contributed by atoms with Gasteiger partial charge < -0.3 is 9.47 Å². The first-order chi connectivity index (χ1) is 11.3. The summed E-state index contributed by atoms with van der Waals surface area (Å²) in [7, 11) is 0. The number of hydrogen-bond donors (Lipinski definition) is 0. The minimum Gasteiger partial charge on any atom is -0.346 e. The van der Waals surface area contributed by atoms with Gasteiger partial charge in [-0.1, -0.05) is 55.5 Å². The smallest absolute Gasteiger partial charge is 0.184 e. The van der Waals surface area contributed by atoms with Crippen LogP contribution in [0.4, 0.5) is 0 Å². The molecule has 118 valence electrons. The molecule has 4 heteroatoms. The van der Waals surface area contributed by atoms with Crippen molar-refractivity contribution in [1.82, 2.24) is 0 Å². The van der Waals surface area contributed by atoms with Crippen LogP contribution in [-0.4, -0.2) is 24.4 Å². The van der Waals surface area contributed by atoms with E-state index >= 15 is 0 Å². The summed E-state index contributed by atoms with van der Waals surface area (Å²) in [5.74, 6) is 0. The fraction of sp³-hybridized carbons (Fsp3) is 0.316. The molecule has 0 unspecified atom stereocenters. The number of rotatable bonds is 4. The molecule has 2 aromatic rings. The molecule has 0 amide bonds. The van der Waals surface area contributed by atoms with Crippen LogP contribution < -0.4 is 0 Å². The molecule has 0 radical (unpaired) electrons. The van der Waals surface area contributed by atoms with E-state index in [2.05, 4.69) is 77.8 Å². The fourth-order valence-corrected chi connectivity index (χ4v) is 2.75. The molecule has 1 aliphatic rings. The molecule has 1 fully saturated rings. The van der Waals surface area contributed by atoms with Crippen molar-refractivity contribution >= 4 is 17.4 Å². The standard InChI is InChI=1S/C19H19NO2S/c1-2-14-3-5-15(6-4-14)16-7-9-17(10-8-16)19-21-11-18(12-22-19)20-13-23/h3-10,18-19H,2,11-12H2,1H3. The number of hydrogen-bond acceptors (Lipinski definition) is 4. The SMILES string of the molecule is CCc1ccc(-c2ccc(C3OCC(N=C=S)CO3)cc2)cc1. The molecule has 1 heterocycles. The highest BCUT2D eigenvalue weighted by Gasteiger charge is 2.22. The molecular weight excluding hydrogens is 306 g/mol. The Hall–Kier alpha value is -1.84. The average molecular weight is 325 g/mol. The van der Waals surface area contributed by atoms with Gasteiger partial charge in [0, 0.05) is 5.56 Å². The summed E-state index contributed by atoms with van der Waals surface area (Å²) in [5, 5.41) is 2.37. The Morgan fingerprint density at radius 3 is 2.09 bits per heavy atom. The van der Waals surface area contributed by atoms with Crippen molar-refractivity contribution in [3.05, 3.63) is 59.7 Å². The highest BCUT2D eigenvalue weighted by atomic mass is 32.1. The molecule has 23 heavy (non-hydrogen) atoms. The number of nitrogens with zero attached hydrogens (tertiary/aromatic N) is 1. The van der Waals surface area contributed by atoms with E-state index in [-0.39, 0.29) is 12.3 Å². The molecule has 0 spiro atoms. The third-order valence-electron chi connectivity index (χ3n) is 3.99. The summed E-state index contributed by atoms with van der Waals surface area (Å²) >= 11 is 4.60. The van der Waals surface area contributed by atoms with Crippen molar-refractivity contribution in [2.24, 2.45) is 4.99 Å². The summed E-state index contributed by atoms with van der Waals surface area (Å²) < 4.78 is 11.4. The molecule has 0 aliphatic carbocycles. The predicted molar refractivity (Wildman–Crippen MR) is 94.7 cm³/mol. The van der Waals surface area contributed by atoms with E-state index in [1.807, 2.05) is 0 Å². The lowest BCUT2D eigenvalue weighted by atomic mass is 10.0. The van der Waals surface area contributed by atoms with Crippen LogP contribution in [0.25, 0.3) is 11.1 Å². The van der Waals surface area contributed by atoms with Crippen LogP contribution in [0, 0.1) is 0 Å². The van der Waals surface area contributed by atoms with E-state index in [4.69, 9.17) is 9.47 Å². The predicted octanol–water partition coefficient (Wildman–Crippen LogP) is 4.43. The quantitative estimate of drug-likeness (QED) is 0.615. The average Bonchev–Trinajstić information content (AvgIpc) is 2.63. The lowest BCUT2D eigenvalue weighted by Crippen LogP contribution is -2.29. The van der Waals surface area contributed by atoms with Crippen LogP contribution in [0.2, 0.25) is 0 Å². The maximum atomic E-state index is 5.70. The minimum atomic E-state index is -0.330. The molecule has 0 saturated carbocycles. The molecule has 1 aliphatic heterocycles. The number of isothiocyanates is 1. The molecule has 0 N–H and O–H groups in total. The van der Waals surface area contributed by atoms with E-state index in [0.717, 1.165) is 12.0 Å². The molecule has 1 saturated heterocycles. The highest BCUT2D eigenvalue weighted by Crippen LogP contribution is 2.27. The Labute approximate surface area is 142 Å². The van der Waals surface area contributed by atoms with E-state index in [1.165, 1.54) is 16.7 Å². The fourth-order valence-electron chi connectivity index (χ4n) is 2.60. The van der Waals surface area contributed by atoms with Crippen molar-refractivity contribution < 1.29 is 9.47 Å². The summed E-state index contributed by atoms with van der Waals surface area (Å²) in [6, 6.07) is 16.9. The van der Waals surface area contributed by atoms with Gasteiger partial charge in [-0.15, -0.1) is 0 Å². The van der Waals surface area contributed by atoms with E-state index in [9.17, 15) is 0 Å². The molecule has 2 aromatic carbocycles. The van der Waals surface area contributed by atoms with Crippen LogP contribution in [-0.2, 0) is 15.9 Å².